The summed E-state index contributed by atoms with van der Waals surface area (Å²) in [6, 6.07) is 19.2. The molecule has 1 N–H and O–H groups in total. The Morgan fingerprint density at radius 3 is 2.55 bits per heavy atom. The van der Waals surface area contributed by atoms with Crippen LogP contribution in [0, 0.1) is 12.7 Å². The first-order chi connectivity index (χ1) is 15.9. The van der Waals surface area contributed by atoms with Crippen molar-refractivity contribution in [2.75, 3.05) is 5.32 Å². The van der Waals surface area contributed by atoms with Crippen LogP contribution in [0.1, 0.15) is 37.7 Å². The molecule has 8 heteroatoms. The standard InChI is InChI=1S/C25H18ClFN2O4/c1-15-19(14-32-22-10-6-5-9-20(22)27)23(29-33-15)25(31)28-21-12-11-17(26)13-18(21)24(30)16-7-3-2-4-8-16/h2-13H,14H2,1H3,(H,28,31). The summed E-state index contributed by atoms with van der Waals surface area (Å²) < 4.78 is 24.6. The third-order valence-corrected chi connectivity index (χ3v) is 5.15. The van der Waals surface area contributed by atoms with Gasteiger partial charge in [0.15, 0.2) is 23.0 Å². The number of nitrogens with zero attached hydrogens (tertiary/aromatic N) is 1. The smallest absolute Gasteiger partial charge is 0.278 e. The number of aryl methyl sites for hydroxylation is 1. The van der Waals surface area contributed by atoms with E-state index in [1.54, 1.807) is 61.5 Å². The molecule has 33 heavy (non-hydrogen) atoms. The number of para-hydroxylation sites is 1. The fourth-order valence-electron chi connectivity index (χ4n) is 3.19. The average molecular weight is 465 g/mol. The van der Waals surface area contributed by atoms with E-state index >= 15 is 0 Å². The number of ether oxygens (including phenoxy) is 1. The van der Waals surface area contributed by atoms with E-state index in [-0.39, 0.29) is 35.1 Å². The SMILES string of the molecule is Cc1onc(C(=O)Nc2ccc(Cl)cc2C(=O)c2ccccc2)c1COc1ccccc1F. The van der Waals surface area contributed by atoms with Gasteiger partial charge in [0.25, 0.3) is 5.91 Å². The van der Waals surface area contributed by atoms with Crippen molar-refractivity contribution >= 4 is 29.0 Å². The number of carbonyl (C=O) groups is 2. The molecule has 0 aliphatic heterocycles. The summed E-state index contributed by atoms with van der Waals surface area (Å²) in [6.45, 7) is 1.49. The van der Waals surface area contributed by atoms with Crippen LogP contribution in [0.5, 0.6) is 5.75 Å². The van der Waals surface area contributed by atoms with Gasteiger partial charge in [-0.05, 0) is 37.3 Å². The molecule has 0 aliphatic rings. The molecule has 0 saturated carbocycles. The van der Waals surface area contributed by atoms with E-state index in [1.165, 1.54) is 18.2 Å². The number of nitrogens with one attached hydrogen (secondary N) is 1. The van der Waals surface area contributed by atoms with Crippen molar-refractivity contribution in [3.05, 3.63) is 112 Å². The summed E-state index contributed by atoms with van der Waals surface area (Å²) in [5.74, 6) is -1.04. The predicted molar refractivity (Wildman–Crippen MR) is 121 cm³/mol. The first-order valence-electron chi connectivity index (χ1n) is 9.97. The summed E-state index contributed by atoms with van der Waals surface area (Å²) in [6.07, 6.45) is 0. The second-order valence-electron chi connectivity index (χ2n) is 7.12. The summed E-state index contributed by atoms with van der Waals surface area (Å²) in [5, 5.41) is 6.87. The molecule has 3 aromatic carbocycles. The Labute approximate surface area is 193 Å². The number of amides is 1. The van der Waals surface area contributed by atoms with Crippen molar-refractivity contribution in [2.45, 2.75) is 13.5 Å². The van der Waals surface area contributed by atoms with Crippen LogP contribution < -0.4 is 10.1 Å². The fraction of sp³-hybridized carbons (Fsp3) is 0.0800. The van der Waals surface area contributed by atoms with Gasteiger partial charge in [0, 0.05) is 16.1 Å². The largest absolute Gasteiger partial charge is 0.486 e. The predicted octanol–water partition coefficient (Wildman–Crippen LogP) is 5.84. The maximum Gasteiger partial charge on any atom is 0.278 e. The molecule has 0 fully saturated rings. The van der Waals surface area contributed by atoms with Crippen LogP contribution in [0.3, 0.4) is 0 Å². The summed E-state index contributed by atoms with van der Waals surface area (Å²) in [4.78, 5) is 26.0. The maximum absolute atomic E-state index is 13.9. The normalized spacial score (nSPS) is 10.6. The topological polar surface area (TPSA) is 81.4 Å². The Morgan fingerprint density at radius 1 is 1.06 bits per heavy atom. The van der Waals surface area contributed by atoms with Gasteiger partial charge in [-0.25, -0.2) is 4.39 Å². The molecular formula is C25H18ClFN2O4. The van der Waals surface area contributed by atoms with Gasteiger partial charge in [0.2, 0.25) is 0 Å². The third kappa shape index (κ3) is 4.94. The molecule has 4 aromatic rings. The fourth-order valence-corrected chi connectivity index (χ4v) is 3.36. The number of hydrogen-bond acceptors (Lipinski definition) is 5. The van der Waals surface area contributed by atoms with Crippen molar-refractivity contribution in [3.8, 4) is 5.75 Å². The molecule has 6 nitrogen and oxygen atoms in total. The van der Waals surface area contributed by atoms with E-state index in [0.717, 1.165) is 0 Å². The van der Waals surface area contributed by atoms with E-state index < -0.39 is 11.7 Å². The molecule has 166 valence electrons. The quantitative estimate of drug-likeness (QED) is 0.347. The second kappa shape index (κ2) is 9.67. The van der Waals surface area contributed by atoms with Crippen LogP contribution in [-0.4, -0.2) is 16.8 Å². The van der Waals surface area contributed by atoms with Gasteiger partial charge in [-0.15, -0.1) is 0 Å². The molecule has 0 aliphatic carbocycles. The van der Waals surface area contributed by atoms with Gasteiger partial charge in [0.05, 0.1) is 11.3 Å². The molecule has 4 rings (SSSR count). The highest BCUT2D eigenvalue weighted by molar-refractivity contribution is 6.31. The number of rotatable bonds is 7. The van der Waals surface area contributed by atoms with Crippen LogP contribution in [-0.2, 0) is 6.61 Å². The van der Waals surface area contributed by atoms with Gasteiger partial charge in [-0.3, -0.25) is 9.59 Å². The van der Waals surface area contributed by atoms with E-state index in [4.69, 9.17) is 20.9 Å². The Balaban J connectivity index is 1.59. The highest BCUT2D eigenvalue weighted by Crippen LogP contribution is 2.26. The zero-order valence-electron chi connectivity index (χ0n) is 17.5. The number of aromatic nitrogens is 1. The van der Waals surface area contributed by atoms with E-state index in [1.807, 2.05) is 0 Å². The van der Waals surface area contributed by atoms with Crippen LogP contribution in [0.2, 0.25) is 5.02 Å². The van der Waals surface area contributed by atoms with E-state index in [0.29, 0.717) is 21.9 Å². The number of hydrogen-bond donors (Lipinski definition) is 1. The van der Waals surface area contributed by atoms with E-state index in [2.05, 4.69) is 10.5 Å². The van der Waals surface area contributed by atoms with Gasteiger partial charge < -0.3 is 14.6 Å². The van der Waals surface area contributed by atoms with Crippen LogP contribution >= 0.6 is 11.6 Å². The van der Waals surface area contributed by atoms with Gasteiger partial charge in [-0.2, -0.15) is 0 Å². The Hall–Kier alpha value is -3.97. The minimum Gasteiger partial charge on any atom is -0.486 e. The Kier molecular flexibility index (Phi) is 6.51. The molecule has 0 radical (unpaired) electrons. The van der Waals surface area contributed by atoms with Crippen LogP contribution in [0.15, 0.2) is 77.3 Å². The van der Waals surface area contributed by atoms with Crippen molar-refractivity contribution in [2.24, 2.45) is 0 Å². The second-order valence-corrected chi connectivity index (χ2v) is 7.56. The number of anilines is 1. The van der Waals surface area contributed by atoms with Crippen molar-refractivity contribution < 1.29 is 23.2 Å². The van der Waals surface area contributed by atoms with Gasteiger partial charge in [-0.1, -0.05) is 59.2 Å². The molecule has 0 spiro atoms. The molecule has 1 amide bonds. The molecule has 0 saturated heterocycles. The lowest BCUT2D eigenvalue weighted by Crippen LogP contribution is -2.18. The van der Waals surface area contributed by atoms with Gasteiger partial charge >= 0.3 is 0 Å². The van der Waals surface area contributed by atoms with Crippen LogP contribution in [0.25, 0.3) is 0 Å². The first kappa shape index (κ1) is 22.2. The number of benzene rings is 3. The first-order valence-corrected chi connectivity index (χ1v) is 10.3. The summed E-state index contributed by atoms with van der Waals surface area (Å²) >= 11 is 6.10. The van der Waals surface area contributed by atoms with Crippen molar-refractivity contribution in [3.63, 3.8) is 0 Å². The van der Waals surface area contributed by atoms with E-state index in [9.17, 15) is 14.0 Å². The molecule has 0 unspecified atom stereocenters. The lowest BCUT2D eigenvalue weighted by molar-refractivity contribution is 0.101. The Morgan fingerprint density at radius 2 is 1.79 bits per heavy atom. The molecule has 1 aromatic heterocycles. The lowest BCUT2D eigenvalue weighted by atomic mass is 10.0. The molecule has 1 heterocycles. The lowest BCUT2D eigenvalue weighted by Gasteiger charge is -2.11. The molecular weight excluding hydrogens is 447 g/mol. The number of halogens is 2. The van der Waals surface area contributed by atoms with Crippen molar-refractivity contribution in [1.29, 1.82) is 0 Å². The number of carbonyl (C=O) groups excluding carboxylic acids is 2. The molecule has 0 atom stereocenters. The highest BCUT2D eigenvalue weighted by atomic mass is 35.5. The summed E-state index contributed by atoms with van der Waals surface area (Å²) in [7, 11) is 0. The van der Waals surface area contributed by atoms with Crippen LogP contribution in [0.4, 0.5) is 10.1 Å². The Bertz CT molecular complexity index is 1320. The minimum absolute atomic E-state index is 0.0306. The third-order valence-electron chi connectivity index (χ3n) is 4.92. The number of ketones is 1. The monoisotopic (exact) mass is 464 g/mol. The maximum atomic E-state index is 13.9. The van der Waals surface area contributed by atoms with Gasteiger partial charge in [0.1, 0.15) is 12.4 Å². The average Bonchev–Trinajstić information content (AvgIpc) is 3.20. The zero-order chi connectivity index (χ0) is 23.4. The molecule has 0 bridgehead atoms. The summed E-state index contributed by atoms with van der Waals surface area (Å²) in [5.41, 5.74) is 1.27. The highest BCUT2D eigenvalue weighted by Gasteiger charge is 2.23. The zero-order valence-corrected chi connectivity index (χ0v) is 18.2. The van der Waals surface area contributed by atoms with Crippen molar-refractivity contribution in [1.82, 2.24) is 5.16 Å². The minimum atomic E-state index is -0.608.